The van der Waals surface area contributed by atoms with Gasteiger partial charge in [-0.2, -0.15) is 0 Å². The molecule has 0 radical (unpaired) electrons. The Bertz CT molecular complexity index is 1530. The van der Waals surface area contributed by atoms with Gasteiger partial charge < -0.3 is 13.6 Å². The van der Waals surface area contributed by atoms with Crippen LogP contribution in [-0.4, -0.2) is 19.9 Å². The molecule has 1 N–H and O–H groups in total. The zero-order chi connectivity index (χ0) is 25.1. The van der Waals surface area contributed by atoms with Crippen LogP contribution in [0, 0.1) is 19.3 Å². The van der Waals surface area contributed by atoms with Gasteiger partial charge in [-0.3, -0.25) is 10.2 Å². The maximum atomic E-state index is 12.7. The van der Waals surface area contributed by atoms with E-state index < -0.39 is 0 Å². The van der Waals surface area contributed by atoms with E-state index in [4.69, 9.17) is 4.42 Å². The Kier molecular flexibility index (Phi) is 6.67. The molecule has 2 heterocycles. The lowest BCUT2D eigenvalue weighted by molar-refractivity contribution is 0.0940. The molecule has 2 aromatic heterocycles. The quantitative estimate of drug-likeness (QED) is 0.263. The Morgan fingerprint density at radius 3 is 2.19 bits per heavy atom. The molecule has 182 valence electrons. The summed E-state index contributed by atoms with van der Waals surface area (Å²) >= 11 is 0. The summed E-state index contributed by atoms with van der Waals surface area (Å²) in [4.78, 5) is 16.8. The normalized spacial score (nSPS) is 12.2. The van der Waals surface area contributed by atoms with E-state index in [0.29, 0.717) is 31.4 Å². The number of benzene rings is 3. The first kappa shape index (κ1) is 23.5. The van der Waals surface area contributed by atoms with Crippen molar-refractivity contribution < 1.29 is 9.21 Å². The zero-order valence-corrected chi connectivity index (χ0v) is 20.6. The molecule has 3 aromatic carbocycles. The number of Topliss-reactive ketones (excluding diaryl/α,β-unsaturated/α-hetero) is 1. The number of aromatic nitrogens is 3. The van der Waals surface area contributed by atoms with Crippen molar-refractivity contribution in [3.63, 3.8) is 0 Å². The van der Waals surface area contributed by atoms with Gasteiger partial charge in [0, 0.05) is 12.5 Å². The van der Waals surface area contributed by atoms with Crippen molar-refractivity contribution in [1.82, 2.24) is 14.1 Å². The molecule has 5 aromatic rings. The average Bonchev–Trinajstić information content (AvgIpc) is 3.52. The minimum absolute atomic E-state index is 0.0803. The summed E-state index contributed by atoms with van der Waals surface area (Å²) in [6.45, 7) is 4.76. The van der Waals surface area contributed by atoms with Crippen molar-refractivity contribution >= 4 is 16.8 Å². The van der Waals surface area contributed by atoms with Gasteiger partial charge in [-0.1, -0.05) is 71.8 Å². The summed E-state index contributed by atoms with van der Waals surface area (Å²) in [5, 5.41) is 9.23. The van der Waals surface area contributed by atoms with Crippen molar-refractivity contribution in [2.75, 3.05) is 0 Å². The van der Waals surface area contributed by atoms with Crippen LogP contribution >= 0.6 is 0 Å². The molecule has 0 fully saturated rings. The van der Waals surface area contributed by atoms with Crippen LogP contribution in [0.25, 0.3) is 11.0 Å². The Hall–Kier alpha value is -4.19. The van der Waals surface area contributed by atoms with Crippen molar-refractivity contribution in [3.8, 4) is 0 Å². The molecule has 0 aliphatic carbocycles. The molecule has 5 rings (SSSR count). The number of rotatable bonds is 9. The van der Waals surface area contributed by atoms with E-state index in [2.05, 4.69) is 88.6 Å². The molecule has 1 atom stereocenters. The third kappa shape index (κ3) is 4.93. The summed E-state index contributed by atoms with van der Waals surface area (Å²) in [5.74, 6) is 0.0198. The molecule has 0 spiro atoms. The Balaban J connectivity index is 1.54. The van der Waals surface area contributed by atoms with Crippen molar-refractivity contribution in [1.29, 1.82) is 5.41 Å². The van der Waals surface area contributed by atoms with Gasteiger partial charge in [-0.15, -0.1) is 0 Å². The standard InChI is InChI=1S/C30H30N4O2/c1-21-7-11-23(12-8-21)19-25(15-16-28(35)29-32-17-18-36-29)34-27-6-4-3-5-26(27)33(30(34)31)20-24-13-9-22(2)10-14-24/h3-14,17-18,25,31H,15-16,19-20H2,1-2H3. The second kappa shape index (κ2) is 10.2. The maximum absolute atomic E-state index is 12.7. The van der Waals surface area contributed by atoms with E-state index in [1.54, 1.807) is 0 Å². The monoisotopic (exact) mass is 478 g/mol. The van der Waals surface area contributed by atoms with Gasteiger partial charge in [0.1, 0.15) is 6.26 Å². The number of ketones is 1. The summed E-state index contributed by atoms with van der Waals surface area (Å²) in [6, 6.07) is 25.0. The van der Waals surface area contributed by atoms with Crippen molar-refractivity contribution in [2.45, 2.75) is 45.7 Å². The molecule has 0 amide bonds. The molecule has 1 unspecified atom stereocenters. The molecule has 0 aliphatic rings. The van der Waals surface area contributed by atoms with E-state index >= 15 is 0 Å². The molecular weight excluding hydrogens is 448 g/mol. The van der Waals surface area contributed by atoms with Crippen LogP contribution < -0.4 is 5.62 Å². The number of hydrogen-bond acceptors (Lipinski definition) is 4. The van der Waals surface area contributed by atoms with Gasteiger partial charge in [0.05, 0.1) is 23.8 Å². The molecule has 0 saturated carbocycles. The van der Waals surface area contributed by atoms with Gasteiger partial charge in [0.25, 0.3) is 5.89 Å². The number of fused-ring (bicyclic) bond motifs is 1. The molecule has 36 heavy (non-hydrogen) atoms. The van der Waals surface area contributed by atoms with E-state index in [9.17, 15) is 10.2 Å². The van der Waals surface area contributed by atoms with Crippen molar-refractivity contribution in [3.05, 3.63) is 119 Å². The van der Waals surface area contributed by atoms with Crippen LogP contribution in [0.3, 0.4) is 0 Å². The highest BCUT2D eigenvalue weighted by Crippen LogP contribution is 2.26. The lowest BCUT2D eigenvalue weighted by Gasteiger charge is -2.20. The number of nitrogens with one attached hydrogen (secondary N) is 1. The van der Waals surface area contributed by atoms with Gasteiger partial charge in [0.15, 0.2) is 0 Å². The first-order valence-electron chi connectivity index (χ1n) is 12.3. The van der Waals surface area contributed by atoms with E-state index in [0.717, 1.165) is 16.6 Å². The molecule has 6 nitrogen and oxygen atoms in total. The van der Waals surface area contributed by atoms with E-state index in [1.807, 2.05) is 12.1 Å². The lowest BCUT2D eigenvalue weighted by atomic mass is 9.99. The molecular formula is C30H30N4O2. The second-order valence-corrected chi connectivity index (χ2v) is 9.40. The van der Waals surface area contributed by atoms with Gasteiger partial charge in [-0.05, 0) is 49.9 Å². The number of nitrogens with zero attached hydrogens (tertiary/aromatic N) is 3. The topological polar surface area (TPSA) is 76.8 Å². The fourth-order valence-electron chi connectivity index (χ4n) is 4.74. The number of imidazole rings is 1. The second-order valence-electron chi connectivity index (χ2n) is 9.40. The minimum atomic E-state index is -0.121. The third-order valence-electron chi connectivity index (χ3n) is 6.71. The Morgan fingerprint density at radius 2 is 1.56 bits per heavy atom. The molecule has 0 bridgehead atoms. The van der Waals surface area contributed by atoms with Crippen LogP contribution in [0.2, 0.25) is 0 Å². The number of carbonyl (C=O) groups is 1. The summed E-state index contributed by atoms with van der Waals surface area (Å²) in [6.07, 6.45) is 4.50. The van der Waals surface area contributed by atoms with Crippen LogP contribution in [0.4, 0.5) is 0 Å². The highest BCUT2D eigenvalue weighted by molar-refractivity contribution is 5.91. The first-order chi connectivity index (χ1) is 17.5. The average molecular weight is 479 g/mol. The molecule has 0 saturated heterocycles. The van der Waals surface area contributed by atoms with Crippen molar-refractivity contribution in [2.24, 2.45) is 0 Å². The van der Waals surface area contributed by atoms with Gasteiger partial charge >= 0.3 is 0 Å². The summed E-state index contributed by atoms with van der Waals surface area (Å²) < 4.78 is 9.37. The SMILES string of the molecule is Cc1ccc(CC(CCC(=O)c2ncco2)n2c(=N)n(Cc3ccc(C)cc3)c3ccccc32)cc1. The smallest absolute Gasteiger partial charge is 0.263 e. The van der Waals surface area contributed by atoms with Crippen LogP contribution in [0.5, 0.6) is 0 Å². The number of oxazole rings is 1. The Labute approximate surface area is 210 Å². The third-order valence-corrected chi connectivity index (χ3v) is 6.71. The zero-order valence-electron chi connectivity index (χ0n) is 20.6. The number of para-hydroxylation sites is 2. The lowest BCUT2D eigenvalue weighted by Crippen LogP contribution is -2.29. The fourth-order valence-corrected chi connectivity index (χ4v) is 4.74. The molecule has 6 heteroatoms. The van der Waals surface area contributed by atoms with E-state index in [1.165, 1.54) is 29.2 Å². The predicted octanol–water partition coefficient (Wildman–Crippen LogP) is 6.02. The summed E-state index contributed by atoms with van der Waals surface area (Å²) in [7, 11) is 0. The highest BCUT2D eigenvalue weighted by atomic mass is 16.3. The number of carbonyl (C=O) groups excluding carboxylic acids is 1. The maximum Gasteiger partial charge on any atom is 0.263 e. The predicted molar refractivity (Wildman–Crippen MR) is 140 cm³/mol. The van der Waals surface area contributed by atoms with E-state index in [-0.39, 0.29) is 17.7 Å². The summed E-state index contributed by atoms with van der Waals surface area (Å²) in [5.41, 5.74) is 7.18. The largest absolute Gasteiger partial charge is 0.442 e. The number of hydrogen-bond donors (Lipinski definition) is 1. The van der Waals surface area contributed by atoms with Crippen LogP contribution in [0.1, 0.15) is 51.8 Å². The number of aryl methyl sites for hydroxylation is 2. The Morgan fingerprint density at radius 1 is 0.917 bits per heavy atom. The van der Waals surface area contributed by atoms with Gasteiger partial charge in [0.2, 0.25) is 11.4 Å². The molecule has 0 aliphatic heterocycles. The van der Waals surface area contributed by atoms with Crippen LogP contribution in [0.15, 0.2) is 89.7 Å². The van der Waals surface area contributed by atoms with Gasteiger partial charge in [-0.25, -0.2) is 4.98 Å². The fraction of sp³-hybridized carbons (Fsp3) is 0.233. The highest BCUT2D eigenvalue weighted by Gasteiger charge is 2.22. The minimum Gasteiger partial charge on any atom is -0.442 e. The van der Waals surface area contributed by atoms with Crippen LogP contribution in [-0.2, 0) is 13.0 Å². The first-order valence-corrected chi connectivity index (χ1v) is 12.3.